The average molecular weight is 580 g/mol. The number of carbonyl (C=O) groups is 3. The number of ether oxygens (including phenoxy) is 1. The third kappa shape index (κ3) is 7.20. The number of rotatable bonds is 11. The van der Waals surface area contributed by atoms with Gasteiger partial charge in [0.2, 0.25) is 0 Å². The molecule has 10 nitrogen and oxygen atoms in total. The SMILES string of the molecule is CC1=NC(=O)N(CCCNCC(=O)c2ccc(-n3[nH]c(C)cc3=O)cc2)C(c2cccc(Cl)c2)C1C(=O)OC(C)C. The van der Waals surface area contributed by atoms with Crippen LogP contribution in [0.5, 0.6) is 0 Å². The van der Waals surface area contributed by atoms with Gasteiger partial charge < -0.3 is 15.0 Å². The topological polar surface area (TPSA) is 126 Å². The highest BCUT2D eigenvalue weighted by Crippen LogP contribution is 2.36. The van der Waals surface area contributed by atoms with Crippen LogP contribution in [-0.2, 0) is 9.53 Å². The highest BCUT2D eigenvalue weighted by Gasteiger charge is 2.43. The number of hydrogen-bond donors (Lipinski definition) is 2. The van der Waals surface area contributed by atoms with Crippen molar-refractivity contribution in [3.8, 4) is 5.69 Å². The number of aryl methyl sites for hydroxylation is 1. The highest BCUT2D eigenvalue weighted by molar-refractivity contribution is 6.30. The van der Waals surface area contributed by atoms with Crippen LogP contribution in [0.25, 0.3) is 5.69 Å². The molecule has 2 amide bonds. The van der Waals surface area contributed by atoms with Crippen LogP contribution >= 0.6 is 11.6 Å². The molecule has 0 fully saturated rings. The summed E-state index contributed by atoms with van der Waals surface area (Å²) < 4.78 is 6.93. The molecule has 11 heteroatoms. The number of H-pyrrole nitrogens is 1. The molecule has 0 saturated carbocycles. The van der Waals surface area contributed by atoms with Crippen LogP contribution in [-0.4, -0.2) is 63.9 Å². The molecule has 0 radical (unpaired) electrons. The minimum absolute atomic E-state index is 0.103. The van der Waals surface area contributed by atoms with Crippen molar-refractivity contribution in [2.75, 3.05) is 19.6 Å². The fraction of sp³-hybridized carbons (Fsp3) is 0.367. The molecule has 1 aliphatic heterocycles. The lowest BCUT2D eigenvalue weighted by molar-refractivity contribution is -0.151. The molecule has 4 rings (SSSR count). The van der Waals surface area contributed by atoms with Gasteiger partial charge >= 0.3 is 12.0 Å². The number of aliphatic imine (C=N–C) groups is 1. The van der Waals surface area contributed by atoms with E-state index in [4.69, 9.17) is 16.3 Å². The van der Waals surface area contributed by atoms with Gasteiger partial charge in [0.05, 0.1) is 24.4 Å². The van der Waals surface area contributed by atoms with Crippen LogP contribution in [0.4, 0.5) is 4.79 Å². The molecule has 41 heavy (non-hydrogen) atoms. The van der Waals surface area contributed by atoms with Crippen molar-refractivity contribution in [3.05, 3.63) is 86.8 Å². The predicted molar refractivity (Wildman–Crippen MR) is 157 cm³/mol. The second-order valence-electron chi connectivity index (χ2n) is 10.3. The van der Waals surface area contributed by atoms with Gasteiger partial charge in [-0.05, 0) is 82.6 Å². The second-order valence-corrected chi connectivity index (χ2v) is 10.7. The maximum Gasteiger partial charge on any atom is 0.344 e. The summed E-state index contributed by atoms with van der Waals surface area (Å²) in [7, 11) is 0. The largest absolute Gasteiger partial charge is 0.462 e. The lowest BCUT2D eigenvalue weighted by atomic mass is 9.86. The molecule has 2 unspecified atom stereocenters. The monoisotopic (exact) mass is 579 g/mol. The minimum Gasteiger partial charge on any atom is -0.462 e. The van der Waals surface area contributed by atoms with E-state index in [1.807, 2.05) is 6.07 Å². The Morgan fingerprint density at radius 3 is 2.46 bits per heavy atom. The number of benzene rings is 2. The van der Waals surface area contributed by atoms with E-state index in [1.165, 1.54) is 10.7 Å². The summed E-state index contributed by atoms with van der Waals surface area (Å²) in [4.78, 5) is 56.6. The Hall–Kier alpha value is -4.02. The van der Waals surface area contributed by atoms with E-state index < -0.39 is 24.0 Å². The number of aromatic nitrogens is 2. The van der Waals surface area contributed by atoms with Crippen LogP contribution in [0.2, 0.25) is 5.02 Å². The van der Waals surface area contributed by atoms with Crippen LogP contribution in [0.1, 0.15) is 54.8 Å². The van der Waals surface area contributed by atoms with E-state index in [2.05, 4.69) is 15.4 Å². The molecule has 2 N–H and O–H groups in total. The summed E-state index contributed by atoms with van der Waals surface area (Å²) in [6, 6.07) is 14.3. The number of ketones is 1. The molecule has 3 aromatic rings. The molecule has 0 aliphatic carbocycles. The Morgan fingerprint density at radius 1 is 1.10 bits per heavy atom. The van der Waals surface area contributed by atoms with Crippen molar-refractivity contribution >= 4 is 35.1 Å². The predicted octanol–water partition coefficient (Wildman–Crippen LogP) is 4.50. The number of hydrogen-bond acceptors (Lipinski definition) is 6. The van der Waals surface area contributed by atoms with Crippen LogP contribution < -0.4 is 10.9 Å². The minimum atomic E-state index is -0.767. The molecule has 1 aromatic heterocycles. The van der Waals surface area contributed by atoms with Crippen molar-refractivity contribution in [1.82, 2.24) is 20.0 Å². The first-order valence-electron chi connectivity index (χ1n) is 13.5. The van der Waals surface area contributed by atoms with E-state index in [1.54, 1.807) is 75.1 Å². The first kappa shape index (κ1) is 30.0. The Bertz CT molecular complexity index is 1510. The quantitative estimate of drug-likeness (QED) is 0.196. The summed E-state index contributed by atoms with van der Waals surface area (Å²) >= 11 is 6.26. The van der Waals surface area contributed by atoms with Crippen LogP contribution in [0.15, 0.2) is 64.4 Å². The van der Waals surface area contributed by atoms with Crippen molar-refractivity contribution in [1.29, 1.82) is 0 Å². The van der Waals surface area contributed by atoms with Crippen LogP contribution in [0.3, 0.4) is 0 Å². The molecule has 216 valence electrons. The number of halogens is 1. The van der Waals surface area contributed by atoms with Gasteiger partial charge in [-0.25, -0.2) is 14.5 Å². The fourth-order valence-electron chi connectivity index (χ4n) is 4.89. The van der Waals surface area contributed by atoms with Gasteiger partial charge in [-0.2, -0.15) is 0 Å². The van der Waals surface area contributed by atoms with E-state index in [0.29, 0.717) is 47.1 Å². The number of Topliss-reactive ketones (excluding diaryl/α,β-unsaturated/α-hetero) is 1. The Labute approximate surface area is 243 Å². The van der Waals surface area contributed by atoms with Gasteiger partial charge in [0, 0.05) is 34.6 Å². The zero-order chi connectivity index (χ0) is 29.7. The number of amides is 2. The maximum absolute atomic E-state index is 13.1. The fourth-order valence-corrected chi connectivity index (χ4v) is 5.09. The summed E-state index contributed by atoms with van der Waals surface area (Å²) in [5, 5.41) is 6.59. The zero-order valence-electron chi connectivity index (χ0n) is 23.5. The number of nitrogens with zero attached hydrogens (tertiary/aromatic N) is 3. The standard InChI is InChI=1S/C30H34ClN5O5/c1-18(2)41-29(39)27-20(4)33-30(40)35(28(27)22-7-5-8-23(31)16-22)14-6-13-32-17-25(37)21-9-11-24(12-10-21)36-26(38)15-19(3)34-36/h5,7-12,15-16,18,27-28,32,34H,6,13-14,17H2,1-4H3. The third-order valence-corrected chi connectivity index (χ3v) is 6.98. The normalized spacial score (nSPS) is 17.1. The van der Waals surface area contributed by atoms with Crippen molar-refractivity contribution in [3.63, 3.8) is 0 Å². The van der Waals surface area contributed by atoms with Gasteiger partial charge in [-0.15, -0.1) is 0 Å². The molecular formula is C30H34ClN5O5. The second kappa shape index (κ2) is 13.1. The number of aromatic amines is 1. The molecule has 2 atom stereocenters. The highest BCUT2D eigenvalue weighted by atomic mass is 35.5. The molecule has 0 spiro atoms. The van der Waals surface area contributed by atoms with Crippen molar-refractivity contribution < 1.29 is 19.1 Å². The molecule has 0 bridgehead atoms. The maximum atomic E-state index is 13.1. The van der Waals surface area contributed by atoms with Gasteiger partial charge in [0.1, 0.15) is 5.92 Å². The number of nitrogens with one attached hydrogen (secondary N) is 2. The number of urea groups is 1. The lowest BCUT2D eigenvalue weighted by Crippen LogP contribution is -2.48. The smallest absolute Gasteiger partial charge is 0.344 e. The number of carbonyl (C=O) groups excluding carboxylic acids is 3. The van der Waals surface area contributed by atoms with Gasteiger partial charge in [0.25, 0.3) is 5.56 Å². The van der Waals surface area contributed by atoms with E-state index in [0.717, 1.165) is 5.69 Å². The third-order valence-electron chi connectivity index (χ3n) is 6.75. The van der Waals surface area contributed by atoms with Gasteiger partial charge in [-0.1, -0.05) is 23.7 Å². The summed E-state index contributed by atoms with van der Waals surface area (Å²) in [6.45, 7) is 7.87. The van der Waals surface area contributed by atoms with Gasteiger partial charge in [0.15, 0.2) is 5.78 Å². The molecule has 2 heterocycles. The van der Waals surface area contributed by atoms with E-state index >= 15 is 0 Å². The summed E-state index contributed by atoms with van der Waals surface area (Å²) in [5.74, 6) is -1.32. The molecule has 1 aliphatic rings. The average Bonchev–Trinajstić information content (AvgIpc) is 3.26. The number of esters is 1. The van der Waals surface area contributed by atoms with Crippen molar-refractivity contribution in [2.24, 2.45) is 10.9 Å². The summed E-state index contributed by atoms with van der Waals surface area (Å²) in [6.07, 6.45) is 0.199. The first-order chi connectivity index (χ1) is 19.5. The summed E-state index contributed by atoms with van der Waals surface area (Å²) in [5.41, 5.74) is 2.85. The van der Waals surface area contributed by atoms with Crippen molar-refractivity contribution in [2.45, 2.75) is 46.3 Å². The van der Waals surface area contributed by atoms with Crippen LogP contribution in [0, 0.1) is 12.8 Å². The van der Waals surface area contributed by atoms with Gasteiger partial charge in [-0.3, -0.25) is 19.5 Å². The molecule has 0 saturated heterocycles. The van der Waals surface area contributed by atoms with E-state index in [9.17, 15) is 19.2 Å². The lowest BCUT2D eigenvalue weighted by Gasteiger charge is -2.39. The Balaban J connectivity index is 1.39. The van der Waals surface area contributed by atoms with E-state index in [-0.39, 0.29) is 24.0 Å². The molecule has 2 aromatic carbocycles. The Morgan fingerprint density at radius 2 is 1.83 bits per heavy atom. The first-order valence-corrected chi connectivity index (χ1v) is 13.9. The molecular weight excluding hydrogens is 546 g/mol. The Kier molecular flexibility index (Phi) is 9.57. The zero-order valence-corrected chi connectivity index (χ0v) is 24.3.